The van der Waals surface area contributed by atoms with Crippen LogP contribution in [0.3, 0.4) is 0 Å². The Balaban J connectivity index is 2.14. The van der Waals surface area contributed by atoms with Gasteiger partial charge < -0.3 is 0 Å². The minimum atomic E-state index is 0.372. The van der Waals surface area contributed by atoms with Gasteiger partial charge in [0.25, 0.3) is 0 Å². The highest BCUT2D eigenvalue weighted by Crippen LogP contribution is 2.13. The number of hydrogen-bond donors (Lipinski definition) is 0. The molecule has 0 aliphatic rings. The standard InChI is InChI=1S/C9H9N3OS/c1-7-2-8(6-14-7)3-12-4-9(5-13)10-11-12/h2,4-6H,3H2,1H3. The van der Waals surface area contributed by atoms with E-state index in [1.807, 2.05) is 0 Å². The van der Waals surface area contributed by atoms with E-state index in [1.54, 1.807) is 22.2 Å². The third-order valence-corrected chi connectivity index (χ3v) is 2.72. The molecule has 0 aromatic carbocycles. The van der Waals surface area contributed by atoms with Gasteiger partial charge in [0.05, 0.1) is 12.7 Å². The first kappa shape index (κ1) is 9.08. The molecule has 14 heavy (non-hydrogen) atoms. The van der Waals surface area contributed by atoms with Crippen molar-refractivity contribution in [1.82, 2.24) is 15.0 Å². The number of rotatable bonds is 3. The Kier molecular flexibility index (Phi) is 2.41. The van der Waals surface area contributed by atoms with Crippen LogP contribution in [0.4, 0.5) is 0 Å². The molecule has 0 fully saturated rings. The van der Waals surface area contributed by atoms with Gasteiger partial charge in [-0.25, -0.2) is 4.68 Å². The summed E-state index contributed by atoms with van der Waals surface area (Å²) in [5, 5.41) is 9.60. The predicted octanol–water partition coefficient (Wildman–Crippen LogP) is 1.51. The van der Waals surface area contributed by atoms with E-state index in [1.165, 1.54) is 10.4 Å². The van der Waals surface area contributed by atoms with Crippen LogP contribution in [-0.4, -0.2) is 21.3 Å². The first-order valence-corrected chi connectivity index (χ1v) is 5.05. The summed E-state index contributed by atoms with van der Waals surface area (Å²) in [7, 11) is 0. The molecule has 2 aromatic rings. The fourth-order valence-corrected chi connectivity index (χ4v) is 1.91. The Morgan fingerprint density at radius 2 is 2.50 bits per heavy atom. The van der Waals surface area contributed by atoms with Crippen molar-refractivity contribution in [3.05, 3.63) is 33.8 Å². The fourth-order valence-electron chi connectivity index (χ4n) is 1.21. The normalized spacial score (nSPS) is 10.4. The van der Waals surface area contributed by atoms with Crippen LogP contribution >= 0.6 is 11.3 Å². The number of carbonyl (C=O) groups is 1. The summed E-state index contributed by atoms with van der Waals surface area (Å²) in [5.41, 5.74) is 1.56. The smallest absolute Gasteiger partial charge is 0.171 e. The van der Waals surface area contributed by atoms with Crippen molar-refractivity contribution in [2.45, 2.75) is 13.5 Å². The SMILES string of the molecule is Cc1cc(Cn2cc(C=O)nn2)cs1. The summed E-state index contributed by atoms with van der Waals surface area (Å²) < 4.78 is 1.66. The van der Waals surface area contributed by atoms with E-state index >= 15 is 0 Å². The van der Waals surface area contributed by atoms with Crippen LogP contribution in [0, 0.1) is 6.92 Å². The molecule has 0 saturated heterocycles. The van der Waals surface area contributed by atoms with Gasteiger partial charge in [0.2, 0.25) is 0 Å². The summed E-state index contributed by atoms with van der Waals surface area (Å²) in [6.45, 7) is 2.73. The van der Waals surface area contributed by atoms with Crippen molar-refractivity contribution >= 4 is 17.6 Å². The molecule has 4 nitrogen and oxygen atoms in total. The highest BCUT2D eigenvalue weighted by Gasteiger charge is 2.01. The molecule has 2 rings (SSSR count). The molecule has 0 bridgehead atoms. The van der Waals surface area contributed by atoms with Crippen molar-refractivity contribution in [3.63, 3.8) is 0 Å². The van der Waals surface area contributed by atoms with Crippen LogP contribution in [0.5, 0.6) is 0 Å². The molecule has 0 amide bonds. The number of nitrogens with zero attached hydrogens (tertiary/aromatic N) is 3. The van der Waals surface area contributed by atoms with E-state index < -0.39 is 0 Å². The quantitative estimate of drug-likeness (QED) is 0.717. The topological polar surface area (TPSA) is 47.8 Å². The Morgan fingerprint density at radius 3 is 3.07 bits per heavy atom. The largest absolute Gasteiger partial charge is 0.296 e. The Morgan fingerprint density at radius 1 is 1.64 bits per heavy atom. The van der Waals surface area contributed by atoms with Gasteiger partial charge in [0.15, 0.2) is 6.29 Å². The van der Waals surface area contributed by atoms with Crippen LogP contribution in [0.1, 0.15) is 20.9 Å². The van der Waals surface area contributed by atoms with Crippen LogP contribution in [0.15, 0.2) is 17.6 Å². The maximum Gasteiger partial charge on any atom is 0.171 e. The van der Waals surface area contributed by atoms with Crippen LogP contribution in [-0.2, 0) is 6.54 Å². The van der Waals surface area contributed by atoms with E-state index in [0.717, 1.165) is 0 Å². The van der Waals surface area contributed by atoms with Crippen molar-refractivity contribution < 1.29 is 4.79 Å². The Labute approximate surface area is 85.2 Å². The van der Waals surface area contributed by atoms with E-state index in [2.05, 4.69) is 28.7 Å². The third kappa shape index (κ3) is 1.88. The summed E-state index contributed by atoms with van der Waals surface area (Å²) in [4.78, 5) is 11.6. The lowest BCUT2D eigenvalue weighted by molar-refractivity contribution is 0.111. The van der Waals surface area contributed by atoms with Gasteiger partial charge in [-0.15, -0.1) is 16.4 Å². The van der Waals surface area contributed by atoms with Gasteiger partial charge in [0.1, 0.15) is 5.69 Å². The molecule has 0 aliphatic carbocycles. The fraction of sp³-hybridized carbons (Fsp3) is 0.222. The average Bonchev–Trinajstić information content (AvgIpc) is 2.76. The molecule has 0 saturated carbocycles. The lowest BCUT2D eigenvalue weighted by Crippen LogP contribution is -1.98. The van der Waals surface area contributed by atoms with E-state index in [9.17, 15) is 4.79 Å². The molecular formula is C9H9N3OS. The molecule has 72 valence electrons. The monoisotopic (exact) mass is 207 g/mol. The lowest BCUT2D eigenvalue weighted by Gasteiger charge is -1.94. The first-order valence-electron chi connectivity index (χ1n) is 4.17. The molecule has 0 radical (unpaired) electrons. The summed E-state index contributed by atoms with van der Waals surface area (Å²) in [5.74, 6) is 0. The van der Waals surface area contributed by atoms with Crippen molar-refractivity contribution in [2.75, 3.05) is 0 Å². The number of hydrogen-bond acceptors (Lipinski definition) is 4. The van der Waals surface area contributed by atoms with Crippen LogP contribution in [0.2, 0.25) is 0 Å². The van der Waals surface area contributed by atoms with Crippen molar-refractivity contribution in [2.24, 2.45) is 0 Å². The Bertz CT molecular complexity index is 446. The summed E-state index contributed by atoms with van der Waals surface area (Å²) in [6, 6.07) is 2.10. The molecule has 0 atom stereocenters. The molecule has 0 N–H and O–H groups in total. The first-order chi connectivity index (χ1) is 6.78. The average molecular weight is 207 g/mol. The minimum absolute atomic E-state index is 0.372. The molecule has 0 spiro atoms. The number of aldehydes is 1. The van der Waals surface area contributed by atoms with Gasteiger partial charge in [-0.3, -0.25) is 4.79 Å². The molecular weight excluding hydrogens is 198 g/mol. The molecule has 2 heterocycles. The second kappa shape index (κ2) is 3.71. The van der Waals surface area contributed by atoms with E-state index in [4.69, 9.17) is 0 Å². The van der Waals surface area contributed by atoms with E-state index in [-0.39, 0.29) is 0 Å². The van der Waals surface area contributed by atoms with Gasteiger partial charge >= 0.3 is 0 Å². The molecule has 0 aliphatic heterocycles. The van der Waals surface area contributed by atoms with Crippen molar-refractivity contribution in [1.29, 1.82) is 0 Å². The van der Waals surface area contributed by atoms with E-state index in [0.29, 0.717) is 18.5 Å². The highest BCUT2D eigenvalue weighted by molar-refractivity contribution is 7.10. The van der Waals surface area contributed by atoms with Gasteiger partial charge in [-0.1, -0.05) is 5.21 Å². The van der Waals surface area contributed by atoms with Gasteiger partial charge in [-0.2, -0.15) is 0 Å². The summed E-state index contributed by atoms with van der Waals surface area (Å²) >= 11 is 1.71. The van der Waals surface area contributed by atoms with Gasteiger partial charge in [-0.05, 0) is 23.9 Å². The maximum atomic E-state index is 10.4. The van der Waals surface area contributed by atoms with Crippen LogP contribution < -0.4 is 0 Å². The van der Waals surface area contributed by atoms with Crippen LogP contribution in [0.25, 0.3) is 0 Å². The van der Waals surface area contributed by atoms with Crippen molar-refractivity contribution in [3.8, 4) is 0 Å². The number of aryl methyl sites for hydroxylation is 1. The zero-order valence-corrected chi connectivity index (χ0v) is 8.49. The Hall–Kier alpha value is -1.49. The number of aromatic nitrogens is 3. The predicted molar refractivity (Wildman–Crippen MR) is 53.6 cm³/mol. The maximum absolute atomic E-state index is 10.4. The second-order valence-electron chi connectivity index (χ2n) is 3.02. The molecule has 5 heteroatoms. The minimum Gasteiger partial charge on any atom is -0.296 e. The zero-order valence-electron chi connectivity index (χ0n) is 7.67. The second-order valence-corrected chi connectivity index (χ2v) is 4.14. The summed E-state index contributed by atoms with van der Waals surface area (Å²) in [6.07, 6.45) is 2.34. The highest BCUT2D eigenvalue weighted by atomic mass is 32.1. The molecule has 2 aromatic heterocycles. The number of thiophene rings is 1. The third-order valence-electron chi connectivity index (χ3n) is 1.81. The lowest BCUT2D eigenvalue weighted by atomic mass is 10.3. The zero-order chi connectivity index (χ0) is 9.97. The number of carbonyl (C=O) groups excluding carboxylic acids is 1. The molecule has 0 unspecified atom stereocenters. The van der Waals surface area contributed by atoms with Gasteiger partial charge in [0, 0.05) is 4.88 Å².